The first kappa shape index (κ1) is 11.1. The summed E-state index contributed by atoms with van der Waals surface area (Å²) in [5.41, 5.74) is -0.436. The van der Waals surface area contributed by atoms with Gasteiger partial charge in [-0.3, -0.25) is 4.90 Å². The summed E-state index contributed by atoms with van der Waals surface area (Å²) in [5, 5.41) is 0. The van der Waals surface area contributed by atoms with E-state index in [0.717, 1.165) is 13.0 Å². The third kappa shape index (κ3) is 2.23. The highest BCUT2D eigenvalue weighted by molar-refractivity contribution is 5.69. The van der Waals surface area contributed by atoms with Gasteiger partial charge in [-0.25, -0.2) is 4.79 Å². The van der Waals surface area contributed by atoms with Gasteiger partial charge >= 0.3 is 6.09 Å². The minimum atomic E-state index is -0.436. The molecule has 0 radical (unpaired) electrons. The van der Waals surface area contributed by atoms with Crippen LogP contribution < -0.4 is 0 Å². The van der Waals surface area contributed by atoms with Crippen molar-refractivity contribution in [3.63, 3.8) is 0 Å². The van der Waals surface area contributed by atoms with E-state index < -0.39 is 5.60 Å². The fourth-order valence-electron chi connectivity index (χ4n) is 1.73. The molecule has 5 nitrogen and oxygen atoms in total. The lowest BCUT2D eigenvalue weighted by atomic mass is 10.1. The molecule has 0 aromatic carbocycles. The predicted molar refractivity (Wildman–Crippen MR) is 58.3 cm³/mol. The highest BCUT2D eigenvalue weighted by Gasteiger charge is 2.38. The van der Waals surface area contributed by atoms with Crippen LogP contribution in [0.5, 0.6) is 0 Å². The van der Waals surface area contributed by atoms with Crippen LogP contribution in [-0.4, -0.2) is 40.9 Å². The summed E-state index contributed by atoms with van der Waals surface area (Å²) in [6, 6.07) is 0. The first-order valence-electron chi connectivity index (χ1n) is 5.51. The molecule has 0 aliphatic carbocycles. The Hall–Kier alpha value is -1.39. The number of hydrogen-bond donors (Lipinski definition) is 0. The summed E-state index contributed by atoms with van der Waals surface area (Å²) >= 11 is 0. The maximum atomic E-state index is 11.8. The number of ether oxygens (including phenoxy) is 2. The van der Waals surface area contributed by atoms with E-state index in [-0.39, 0.29) is 12.3 Å². The van der Waals surface area contributed by atoms with Gasteiger partial charge < -0.3 is 14.4 Å². The monoisotopic (exact) mass is 226 g/mol. The molecule has 5 heteroatoms. The minimum Gasteiger partial charge on any atom is -0.479 e. The molecule has 0 bridgehead atoms. The van der Waals surface area contributed by atoms with Crippen molar-refractivity contribution in [2.45, 2.75) is 39.0 Å². The Balaban J connectivity index is 1.90. The van der Waals surface area contributed by atoms with Crippen LogP contribution in [0.25, 0.3) is 0 Å². The molecule has 2 aliphatic rings. The zero-order chi connectivity index (χ0) is 11.8. The van der Waals surface area contributed by atoms with Gasteiger partial charge in [0, 0.05) is 19.2 Å². The summed E-state index contributed by atoms with van der Waals surface area (Å²) in [6.45, 7) is 6.89. The van der Waals surface area contributed by atoms with Crippen LogP contribution in [0.3, 0.4) is 0 Å². The quantitative estimate of drug-likeness (QED) is 0.682. The Labute approximate surface area is 95.6 Å². The van der Waals surface area contributed by atoms with Crippen LogP contribution in [0.4, 0.5) is 4.79 Å². The van der Waals surface area contributed by atoms with Crippen LogP contribution in [0.1, 0.15) is 27.2 Å². The van der Waals surface area contributed by atoms with Gasteiger partial charge in [-0.05, 0) is 20.8 Å². The zero-order valence-corrected chi connectivity index (χ0v) is 9.97. The average molecular weight is 226 g/mol. The van der Waals surface area contributed by atoms with Crippen molar-refractivity contribution in [2.75, 3.05) is 13.3 Å². The number of carbonyl (C=O) groups is 1. The normalized spacial score (nSPS) is 24.1. The van der Waals surface area contributed by atoms with Crippen molar-refractivity contribution in [1.29, 1.82) is 0 Å². The molecule has 0 aromatic rings. The maximum absolute atomic E-state index is 11.8. The van der Waals surface area contributed by atoms with E-state index >= 15 is 0 Å². The van der Waals surface area contributed by atoms with E-state index in [4.69, 9.17) is 9.47 Å². The van der Waals surface area contributed by atoms with Crippen LogP contribution in [-0.2, 0) is 9.47 Å². The molecule has 1 atom stereocenters. The summed E-state index contributed by atoms with van der Waals surface area (Å²) in [6.07, 6.45) is 4.32. The lowest BCUT2D eigenvalue weighted by molar-refractivity contribution is -0.0506. The topological polar surface area (TPSA) is 42.0 Å². The summed E-state index contributed by atoms with van der Waals surface area (Å²) < 4.78 is 10.4. The van der Waals surface area contributed by atoms with Gasteiger partial charge in [0.25, 0.3) is 0 Å². The third-order valence-electron chi connectivity index (χ3n) is 2.57. The number of nitrogens with zero attached hydrogens (tertiary/aromatic N) is 2. The molecule has 0 saturated carbocycles. The van der Waals surface area contributed by atoms with Gasteiger partial charge in [-0.1, -0.05) is 0 Å². The van der Waals surface area contributed by atoms with Crippen molar-refractivity contribution in [1.82, 2.24) is 9.80 Å². The van der Waals surface area contributed by atoms with Crippen LogP contribution in [0, 0.1) is 0 Å². The molecule has 16 heavy (non-hydrogen) atoms. The molecule has 2 aliphatic heterocycles. The number of amides is 1. The molecule has 1 fully saturated rings. The SMILES string of the molecule is CC(C)(C)OC(=O)N1CCC1N1C=COC1. The summed E-state index contributed by atoms with van der Waals surface area (Å²) in [5.74, 6) is 0. The van der Waals surface area contributed by atoms with Crippen molar-refractivity contribution in [3.8, 4) is 0 Å². The highest BCUT2D eigenvalue weighted by atomic mass is 16.6. The second-order valence-corrected chi connectivity index (χ2v) is 5.04. The molecule has 0 spiro atoms. The average Bonchev–Trinajstić information content (AvgIpc) is 2.50. The second kappa shape index (κ2) is 3.88. The molecule has 1 saturated heterocycles. The molecule has 0 aromatic heterocycles. The van der Waals surface area contributed by atoms with Gasteiger partial charge in [-0.15, -0.1) is 0 Å². The lowest BCUT2D eigenvalue weighted by Crippen LogP contribution is -2.58. The molecular formula is C11H18N2O3. The Morgan fingerprint density at radius 3 is 2.69 bits per heavy atom. The van der Waals surface area contributed by atoms with Crippen LogP contribution in [0.2, 0.25) is 0 Å². The van der Waals surface area contributed by atoms with Gasteiger partial charge in [0.1, 0.15) is 18.0 Å². The Kier molecular flexibility index (Phi) is 2.69. The van der Waals surface area contributed by atoms with E-state index in [2.05, 4.69) is 0 Å². The van der Waals surface area contributed by atoms with Gasteiger partial charge in [0.05, 0.1) is 0 Å². The van der Waals surface area contributed by atoms with E-state index in [1.807, 2.05) is 31.9 Å². The van der Waals surface area contributed by atoms with Crippen LogP contribution in [0.15, 0.2) is 12.5 Å². The number of carbonyl (C=O) groups excluding carboxylic acids is 1. The first-order valence-corrected chi connectivity index (χ1v) is 5.51. The van der Waals surface area contributed by atoms with Crippen molar-refractivity contribution < 1.29 is 14.3 Å². The number of hydrogen-bond acceptors (Lipinski definition) is 4. The van der Waals surface area contributed by atoms with Gasteiger partial charge in [-0.2, -0.15) is 0 Å². The van der Waals surface area contributed by atoms with E-state index in [1.54, 1.807) is 11.2 Å². The smallest absolute Gasteiger partial charge is 0.411 e. The van der Waals surface area contributed by atoms with E-state index in [1.165, 1.54) is 0 Å². The molecule has 2 heterocycles. The fourth-order valence-corrected chi connectivity index (χ4v) is 1.73. The van der Waals surface area contributed by atoms with Crippen molar-refractivity contribution in [3.05, 3.63) is 12.5 Å². The Morgan fingerprint density at radius 2 is 2.25 bits per heavy atom. The largest absolute Gasteiger partial charge is 0.479 e. The van der Waals surface area contributed by atoms with E-state index in [0.29, 0.717) is 6.73 Å². The predicted octanol–water partition coefficient (Wildman–Crippen LogP) is 1.71. The Bertz CT molecular complexity index is 309. The molecular weight excluding hydrogens is 208 g/mol. The molecule has 90 valence electrons. The molecule has 2 rings (SSSR count). The van der Waals surface area contributed by atoms with Crippen LogP contribution >= 0.6 is 0 Å². The highest BCUT2D eigenvalue weighted by Crippen LogP contribution is 2.25. The molecule has 0 N–H and O–H groups in total. The lowest BCUT2D eigenvalue weighted by Gasteiger charge is -2.45. The van der Waals surface area contributed by atoms with Crippen molar-refractivity contribution in [2.24, 2.45) is 0 Å². The Morgan fingerprint density at radius 1 is 1.50 bits per heavy atom. The first-order chi connectivity index (χ1) is 7.47. The summed E-state index contributed by atoms with van der Waals surface area (Å²) in [4.78, 5) is 15.5. The number of rotatable bonds is 1. The van der Waals surface area contributed by atoms with Gasteiger partial charge in [0.15, 0.2) is 6.73 Å². The third-order valence-corrected chi connectivity index (χ3v) is 2.57. The standard InChI is InChI=1S/C11H18N2O3/c1-11(2,3)16-10(14)13-5-4-9(13)12-6-7-15-8-12/h6-7,9H,4-5,8H2,1-3H3. The van der Waals surface area contributed by atoms with Crippen molar-refractivity contribution >= 4 is 6.09 Å². The molecule has 1 unspecified atom stereocenters. The maximum Gasteiger partial charge on any atom is 0.411 e. The second-order valence-electron chi connectivity index (χ2n) is 5.04. The molecule has 1 amide bonds. The summed E-state index contributed by atoms with van der Waals surface area (Å²) in [7, 11) is 0. The fraction of sp³-hybridized carbons (Fsp3) is 0.727. The van der Waals surface area contributed by atoms with E-state index in [9.17, 15) is 4.79 Å². The number of likely N-dealkylation sites (tertiary alicyclic amines) is 1. The zero-order valence-electron chi connectivity index (χ0n) is 9.97. The van der Waals surface area contributed by atoms with Gasteiger partial charge in [0.2, 0.25) is 0 Å². The minimum absolute atomic E-state index is 0.0913.